The van der Waals surface area contributed by atoms with Crippen LogP contribution in [0.3, 0.4) is 0 Å². The van der Waals surface area contributed by atoms with E-state index < -0.39 is 5.92 Å². The van der Waals surface area contributed by atoms with E-state index in [4.69, 9.17) is 4.74 Å². The van der Waals surface area contributed by atoms with Crippen LogP contribution in [0.4, 0.5) is 10.1 Å². The number of halogens is 1. The molecule has 1 aliphatic heterocycles. The summed E-state index contributed by atoms with van der Waals surface area (Å²) in [7, 11) is 1.58. The molecule has 0 saturated heterocycles. The minimum Gasteiger partial charge on any atom is -0.496 e. The first-order valence-electron chi connectivity index (χ1n) is 11.9. The molecule has 0 spiro atoms. The molecule has 2 atom stereocenters. The van der Waals surface area contributed by atoms with Crippen LogP contribution in [0.25, 0.3) is 0 Å². The van der Waals surface area contributed by atoms with E-state index in [9.17, 15) is 14.0 Å². The summed E-state index contributed by atoms with van der Waals surface area (Å²) in [5.41, 5.74) is 4.89. The van der Waals surface area contributed by atoms with Crippen molar-refractivity contribution >= 4 is 17.4 Å². The number of ketones is 1. The summed E-state index contributed by atoms with van der Waals surface area (Å²) in [4.78, 5) is 27.4. The van der Waals surface area contributed by atoms with Gasteiger partial charge in [-0.25, -0.2) is 4.39 Å². The fraction of sp³-hybridized carbons (Fsp3) is 0.200. The van der Waals surface area contributed by atoms with Gasteiger partial charge < -0.3 is 15.4 Å². The molecule has 2 aliphatic rings. The Morgan fingerprint density at radius 1 is 0.972 bits per heavy atom. The van der Waals surface area contributed by atoms with Crippen molar-refractivity contribution in [1.82, 2.24) is 5.32 Å². The molecule has 0 fully saturated rings. The largest absolute Gasteiger partial charge is 0.496 e. The van der Waals surface area contributed by atoms with Gasteiger partial charge in [0.15, 0.2) is 5.78 Å². The van der Waals surface area contributed by atoms with E-state index in [1.165, 1.54) is 24.3 Å². The average Bonchev–Trinajstić information content (AvgIpc) is 2.89. The Morgan fingerprint density at radius 3 is 2.39 bits per heavy atom. The van der Waals surface area contributed by atoms with Gasteiger partial charge in [-0.15, -0.1) is 0 Å². The number of amides is 1. The van der Waals surface area contributed by atoms with E-state index in [2.05, 4.69) is 10.6 Å². The second kappa shape index (κ2) is 9.82. The highest BCUT2D eigenvalue weighted by Gasteiger charge is 2.41. The van der Waals surface area contributed by atoms with E-state index in [0.29, 0.717) is 41.1 Å². The second-order valence-corrected chi connectivity index (χ2v) is 9.13. The maximum atomic E-state index is 13.7. The van der Waals surface area contributed by atoms with Crippen LogP contribution in [0.15, 0.2) is 101 Å². The molecule has 0 radical (unpaired) electrons. The number of rotatable bonds is 5. The van der Waals surface area contributed by atoms with Crippen LogP contribution in [-0.2, 0) is 9.59 Å². The van der Waals surface area contributed by atoms with Crippen LogP contribution >= 0.6 is 0 Å². The lowest BCUT2D eigenvalue weighted by Gasteiger charge is -2.37. The van der Waals surface area contributed by atoms with Crippen molar-refractivity contribution < 1.29 is 18.7 Å². The average molecular weight is 483 g/mol. The van der Waals surface area contributed by atoms with Gasteiger partial charge in [-0.1, -0.05) is 48.5 Å². The molecular weight excluding hydrogens is 455 g/mol. The topological polar surface area (TPSA) is 67.4 Å². The first kappa shape index (κ1) is 23.5. The number of hydrogen-bond donors (Lipinski definition) is 2. The Hall–Kier alpha value is -4.19. The van der Waals surface area contributed by atoms with E-state index in [0.717, 1.165) is 16.8 Å². The summed E-state index contributed by atoms with van der Waals surface area (Å²) in [5.74, 6) is -0.660. The lowest BCUT2D eigenvalue weighted by Crippen LogP contribution is -2.37. The van der Waals surface area contributed by atoms with Crippen molar-refractivity contribution in [2.45, 2.75) is 31.6 Å². The first-order chi connectivity index (χ1) is 17.5. The Labute approximate surface area is 209 Å². The number of allylic oxidation sites excluding steroid dienone is 3. The van der Waals surface area contributed by atoms with Crippen LogP contribution in [-0.4, -0.2) is 18.8 Å². The number of benzene rings is 3. The number of dihydropyridines is 1. The van der Waals surface area contributed by atoms with Crippen LogP contribution in [0.2, 0.25) is 0 Å². The third-order valence-corrected chi connectivity index (χ3v) is 6.90. The number of anilines is 1. The number of hydrogen-bond acceptors (Lipinski definition) is 4. The van der Waals surface area contributed by atoms with Gasteiger partial charge in [-0.2, -0.15) is 0 Å². The fourth-order valence-corrected chi connectivity index (χ4v) is 5.25. The van der Waals surface area contributed by atoms with Crippen LogP contribution < -0.4 is 15.4 Å². The molecule has 1 heterocycles. The van der Waals surface area contributed by atoms with Gasteiger partial charge in [0.2, 0.25) is 0 Å². The SMILES string of the molecule is COc1ccccc1[C@H]1C(C(=O)Nc2ccc(F)cc2)=C(C)NC2=C1C(=O)C[C@H](c1ccccc1)C2. The standard InChI is InChI=1S/C30H27FN2O3/c1-18-27(30(35)33-22-14-12-21(31)13-15-22)28(23-10-6-7-11-26(23)36-2)29-24(32-18)16-20(17-25(29)34)19-8-4-3-5-9-19/h3-15,20,28,32H,16-17H2,1-2H3,(H,33,35)/t20-,28+/m1/s1. The molecule has 3 aromatic rings. The number of para-hydroxylation sites is 1. The third-order valence-electron chi connectivity index (χ3n) is 6.90. The molecule has 0 aromatic heterocycles. The summed E-state index contributed by atoms with van der Waals surface area (Å²) in [6, 6.07) is 23.1. The number of ether oxygens (including phenoxy) is 1. The summed E-state index contributed by atoms with van der Waals surface area (Å²) < 4.78 is 19.0. The summed E-state index contributed by atoms with van der Waals surface area (Å²) in [5, 5.41) is 6.26. The Kier molecular flexibility index (Phi) is 6.42. The molecule has 0 bridgehead atoms. The third kappa shape index (κ3) is 4.42. The number of carbonyl (C=O) groups excluding carboxylic acids is 2. The van der Waals surface area contributed by atoms with E-state index in [1.807, 2.05) is 61.5 Å². The zero-order valence-electron chi connectivity index (χ0n) is 20.2. The predicted octanol–water partition coefficient (Wildman–Crippen LogP) is 5.83. The number of methoxy groups -OCH3 is 1. The number of nitrogens with one attached hydrogen (secondary N) is 2. The molecule has 1 amide bonds. The maximum absolute atomic E-state index is 13.7. The smallest absolute Gasteiger partial charge is 0.254 e. The van der Waals surface area contributed by atoms with E-state index in [1.54, 1.807) is 7.11 Å². The van der Waals surface area contributed by atoms with E-state index in [-0.39, 0.29) is 23.4 Å². The van der Waals surface area contributed by atoms with Crippen molar-refractivity contribution in [3.05, 3.63) is 118 Å². The highest BCUT2D eigenvalue weighted by atomic mass is 19.1. The Bertz CT molecular complexity index is 1380. The quantitative estimate of drug-likeness (QED) is 0.480. The minimum absolute atomic E-state index is 0.00749. The molecule has 5 rings (SSSR count). The maximum Gasteiger partial charge on any atom is 0.254 e. The van der Waals surface area contributed by atoms with Gasteiger partial charge >= 0.3 is 0 Å². The lowest BCUT2D eigenvalue weighted by atomic mass is 9.71. The Morgan fingerprint density at radius 2 is 1.67 bits per heavy atom. The minimum atomic E-state index is -0.595. The number of carbonyl (C=O) groups is 2. The van der Waals surface area contributed by atoms with Gasteiger partial charge in [0.1, 0.15) is 11.6 Å². The van der Waals surface area contributed by atoms with Crippen LogP contribution in [0.1, 0.15) is 42.7 Å². The molecule has 6 heteroatoms. The van der Waals surface area contributed by atoms with Gasteiger partial charge in [-0.05, 0) is 55.2 Å². The Balaban J connectivity index is 1.59. The number of Topliss-reactive ketones (excluding diaryl/α,β-unsaturated/α-hetero) is 1. The summed E-state index contributed by atoms with van der Waals surface area (Å²) in [6.07, 6.45) is 1.03. The zero-order chi connectivity index (χ0) is 25.2. The monoisotopic (exact) mass is 482 g/mol. The highest BCUT2D eigenvalue weighted by molar-refractivity contribution is 6.10. The zero-order valence-corrected chi connectivity index (χ0v) is 20.2. The van der Waals surface area contributed by atoms with Gasteiger partial charge in [0.05, 0.1) is 13.0 Å². The van der Waals surface area contributed by atoms with Crippen molar-refractivity contribution in [2.24, 2.45) is 0 Å². The van der Waals surface area contributed by atoms with Gasteiger partial charge in [0, 0.05) is 40.2 Å². The van der Waals surface area contributed by atoms with Crippen molar-refractivity contribution in [2.75, 3.05) is 12.4 Å². The normalized spacial score (nSPS) is 19.5. The second-order valence-electron chi connectivity index (χ2n) is 9.13. The molecule has 5 nitrogen and oxygen atoms in total. The summed E-state index contributed by atoms with van der Waals surface area (Å²) in [6.45, 7) is 1.85. The molecule has 36 heavy (non-hydrogen) atoms. The van der Waals surface area contributed by atoms with E-state index >= 15 is 0 Å². The van der Waals surface area contributed by atoms with Crippen molar-refractivity contribution in [3.63, 3.8) is 0 Å². The lowest BCUT2D eigenvalue weighted by molar-refractivity contribution is -0.116. The molecule has 2 N–H and O–H groups in total. The summed E-state index contributed by atoms with van der Waals surface area (Å²) >= 11 is 0. The van der Waals surface area contributed by atoms with Crippen LogP contribution in [0.5, 0.6) is 5.75 Å². The van der Waals surface area contributed by atoms with Crippen LogP contribution in [0, 0.1) is 5.82 Å². The molecule has 1 aliphatic carbocycles. The molecular formula is C30H27FN2O3. The molecule has 0 saturated carbocycles. The van der Waals surface area contributed by atoms with Gasteiger partial charge in [0.25, 0.3) is 5.91 Å². The molecule has 0 unspecified atom stereocenters. The van der Waals surface area contributed by atoms with Crippen molar-refractivity contribution in [1.29, 1.82) is 0 Å². The van der Waals surface area contributed by atoms with Crippen molar-refractivity contribution in [3.8, 4) is 5.75 Å². The highest BCUT2D eigenvalue weighted by Crippen LogP contribution is 2.47. The molecule has 3 aromatic carbocycles. The van der Waals surface area contributed by atoms with Gasteiger partial charge in [-0.3, -0.25) is 9.59 Å². The fourth-order valence-electron chi connectivity index (χ4n) is 5.25. The molecule has 182 valence electrons. The predicted molar refractivity (Wildman–Crippen MR) is 137 cm³/mol. The first-order valence-corrected chi connectivity index (χ1v) is 11.9.